The van der Waals surface area contributed by atoms with Crippen LogP contribution in [0, 0.1) is 0 Å². The number of anilines is 1. The number of nitrogens with one attached hydrogen (secondary N) is 1. The van der Waals surface area contributed by atoms with Crippen molar-refractivity contribution in [1.82, 2.24) is 4.98 Å². The highest BCUT2D eigenvalue weighted by atomic mass is 32.2. The molecule has 40 heavy (non-hydrogen) atoms. The number of thiazole rings is 1. The second-order valence-electron chi connectivity index (χ2n) is 9.67. The van der Waals surface area contributed by atoms with Crippen LogP contribution in [-0.2, 0) is 0 Å². The molecule has 1 atom stereocenters. The first-order valence-corrected chi connectivity index (χ1v) is 17.8. The number of hydrogen-bond donors (Lipinski definition) is 1. The molecule has 1 unspecified atom stereocenters. The maximum Gasteiger partial charge on any atom is 0.135 e. The van der Waals surface area contributed by atoms with Gasteiger partial charge in [-0.3, -0.25) is 0 Å². The average molecular weight is 623 g/mol. The molecule has 0 aliphatic carbocycles. The van der Waals surface area contributed by atoms with Gasteiger partial charge in [0.15, 0.2) is 0 Å². The standard InChI is InChI=1S/C32H18N2S6/c1-3-7-17(8-4-1)29-33-31-27(39-29)15-25(37-31)23-13-19-11-22-20(12-21(19)35-23)14-24(36-22)26-16-28-32(38-26)34-30(40-28)18-9-5-2-6-10-18/h1-16,29,33H. The van der Waals surface area contributed by atoms with E-state index in [1.54, 1.807) is 22.7 Å². The normalized spacial score (nSPS) is 14.8. The van der Waals surface area contributed by atoms with Crippen molar-refractivity contribution in [3.8, 4) is 30.1 Å². The third kappa shape index (κ3) is 3.97. The molecule has 8 aromatic rings. The van der Waals surface area contributed by atoms with Crippen molar-refractivity contribution in [3.05, 3.63) is 103 Å². The van der Waals surface area contributed by atoms with Crippen molar-refractivity contribution in [1.29, 1.82) is 0 Å². The highest BCUT2D eigenvalue weighted by molar-refractivity contribution is 8.00. The van der Waals surface area contributed by atoms with Gasteiger partial charge >= 0.3 is 0 Å². The number of nitrogens with zero attached hydrogens (tertiary/aromatic N) is 1. The Bertz CT molecular complexity index is 2070. The predicted molar refractivity (Wildman–Crippen MR) is 181 cm³/mol. The molecule has 1 aliphatic rings. The van der Waals surface area contributed by atoms with Gasteiger partial charge in [-0.25, -0.2) is 4.98 Å². The molecule has 5 aromatic heterocycles. The maximum atomic E-state index is 4.93. The molecule has 1 N–H and O–H groups in total. The van der Waals surface area contributed by atoms with Gasteiger partial charge < -0.3 is 5.32 Å². The van der Waals surface area contributed by atoms with Gasteiger partial charge in [0, 0.05) is 39.4 Å². The third-order valence-electron chi connectivity index (χ3n) is 7.06. The van der Waals surface area contributed by atoms with Crippen LogP contribution in [0.2, 0.25) is 0 Å². The Morgan fingerprint density at radius 2 is 1.23 bits per heavy atom. The Kier molecular flexibility index (Phi) is 5.49. The van der Waals surface area contributed by atoms with Gasteiger partial charge in [-0.1, -0.05) is 72.4 Å². The van der Waals surface area contributed by atoms with Crippen LogP contribution in [0.3, 0.4) is 0 Å². The molecule has 1 aliphatic heterocycles. The van der Waals surface area contributed by atoms with Crippen molar-refractivity contribution in [2.75, 3.05) is 5.32 Å². The van der Waals surface area contributed by atoms with Gasteiger partial charge in [0.25, 0.3) is 0 Å². The predicted octanol–water partition coefficient (Wildman–Crippen LogP) is 12.1. The summed E-state index contributed by atoms with van der Waals surface area (Å²) >= 11 is 11.2. The molecular formula is C32H18N2S6. The molecule has 0 saturated heterocycles. The van der Waals surface area contributed by atoms with Crippen LogP contribution in [-0.4, -0.2) is 4.98 Å². The van der Waals surface area contributed by atoms with Crippen LogP contribution in [0.4, 0.5) is 5.00 Å². The second-order valence-corrected chi connectivity index (χ2v) is 16.1. The molecule has 9 rings (SSSR count). The SMILES string of the molecule is c1ccc(-c2nc3sc(-c4cc5cc6sc(-c7cc8c(s7)NC(c7ccccc7)S8)cc6cc5s4)cc3s2)cc1. The van der Waals surface area contributed by atoms with E-state index in [4.69, 9.17) is 4.98 Å². The topological polar surface area (TPSA) is 24.9 Å². The van der Waals surface area contributed by atoms with E-state index >= 15 is 0 Å². The zero-order chi connectivity index (χ0) is 26.2. The lowest BCUT2D eigenvalue weighted by atomic mass is 10.2. The zero-order valence-corrected chi connectivity index (χ0v) is 25.6. The molecule has 0 spiro atoms. The summed E-state index contributed by atoms with van der Waals surface area (Å²) in [6.45, 7) is 0. The Balaban J connectivity index is 1.00. The van der Waals surface area contributed by atoms with Crippen molar-refractivity contribution in [2.24, 2.45) is 0 Å². The van der Waals surface area contributed by atoms with Gasteiger partial charge in [0.1, 0.15) is 20.2 Å². The van der Waals surface area contributed by atoms with Crippen LogP contribution in [0.15, 0.2) is 102 Å². The molecule has 0 bridgehead atoms. The molecule has 2 nitrogen and oxygen atoms in total. The fourth-order valence-corrected chi connectivity index (χ4v) is 12.1. The van der Waals surface area contributed by atoms with E-state index in [0.29, 0.717) is 5.37 Å². The monoisotopic (exact) mass is 622 g/mol. The zero-order valence-electron chi connectivity index (χ0n) is 20.7. The molecule has 0 fully saturated rings. The molecule has 0 saturated carbocycles. The number of thiophene rings is 4. The van der Waals surface area contributed by atoms with E-state index in [-0.39, 0.29) is 0 Å². The van der Waals surface area contributed by atoms with Crippen LogP contribution in [0.25, 0.3) is 59.8 Å². The molecule has 6 heterocycles. The Labute approximate surface area is 254 Å². The van der Waals surface area contributed by atoms with E-state index in [2.05, 4.69) is 102 Å². The smallest absolute Gasteiger partial charge is 0.135 e. The van der Waals surface area contributed by atoms with Gasteiger partial charge in [-0.15, -0.1) is 56.7 Å². The Hall–Kier alpha value is -2.98. The van der Waals surface area contributed by atoms with Crippen molar-refractivity contribution >= 4 is 103 Å². The molecular weight excluding hydrogens is 605 g/mol. The van der Waals surface area contributed by atoms with Gasteiger partial charge in [0.2, 0.25) is 0 Å². The second kappa shape index (κ2) is 9.27. The molecule has 0 radical (unpaired) electrons. The number of fused-ring (bicyclic) bond motifs is 4. The summed E-state index contributed by atoms with van der Waals surface area (Å²) in [6.07, 6.45) is 0. The molecule has 3 aromatic carbocycles. The maximum absolute atomic E-state index is 4.93. The third-order valence-corrected chi connectivity index (χ3v) is 14.3. The lowest BCUT2D eigenvalue weighted by Gasteiger charge is -2.10. The number of thioether (sulfide) groups is 1. The summed E-state index contributed by atoms with van der Waals surface area (Å²) in [4.78, 5) is 12.8. The minimum atomic E-state index is 0.306. The number of aromatic nitrogens is 1. The fourth-order valence-electron chi connectivity index (χ4n) is 5.11. The summed E-state index contributed by atoms with van der Waals surface area (Å²) in [5.74, 6) is 0. The first kappa shape index (κ1) is 23.7. The summed E-state index contributed by atoms with van der Waals surface area (Å²) in [5, 5.41) is 9.08. The minimum Gasteiger partial charge on any atom is -0.360 e. The van der Waals surface area contributed by atoms with Crippen LogP contribution in [0.5, 0.6) is 0 Å². The lowest BCUT2D eigenvalue weighted by molar-refractivity contribution is 1.14. The molecule has 8 heteroatoms. The van der Waals surface area contributed by atoms with Crippen LogP contribution >= 0.6 is 68.4 Å². The summed E-state index contributed by atoms with van der Waals surface area (Å²) in [6, 6.07) is 35.3. The van der Waals surface area contributed by atoms with Crippen molar-refractivity contribution in [3.63, 3.8) is 0 Å². The van der Waals surface area contributed by atoms with Gasteiger partial charge in [0.05, 0.1) is 4.70 Å². The summed E-state index contributed by atoms with van der Waals surface area (Å²) in [5.41, 5.74) is 2.52. The summed E-state index contributed by atoms with van der Waals surface area (Å²) in [7, 11) is 0. The van der Waals surface area contributed by atoms with Gasteiger partial charge in [-0.05, 0) is 52.7 Å². The Morgan fingerprint density at radius 1 is 0.575 bits per heavy atom. The summed E-state index contributed by atoms with van der Waals surface area (Å²) < 4.78 is 3.97. The molecule has 0 amide bonds. The number of benzene rings is 3. The van der Waals surface area contributed by atoms with Crippen molar-refractivity contribution in [2.45, 2.75) is 10.3 Å². The van der Waals surface area contributed by atoms with E-state index < -0.39 is 0 Å². The van der Waals surface area contributed by atoms with E-state index in [1.807, 2.05) is 45.8 Å². The minimum absolute atomic E-state index is 0.306. The average Bonchev–Trinajstić information content (AvgIpc) is 3.79. The van der Waals surface area contributed by atoms with E-state index in [0.717, 1.165) is 9.84 Å². The lowest BCUT2D eigenvalue weighted by Crippen LogP contribution is -1.99. The molecule has 192 valence electrons. The van der Waals surface area contributed by atoms with E-state index in [9.17, 15) is 0 Å². The quantitative estimate of drug-likeness (QED) is 0.211. The first-order chi connectivity index (χ1) is 19.7. The number of rotatable bonds is 4. The van der Waals surface area contributed by atoms with Crippen molar-refractivity contribution < 1.29 is 0 Å². The van der Waals surface area contributed by atoms with Gasteiger partial charge in [-0.2, -0.15) is 0 Å². The fraction of sp³-hybridized carbons (Fsp3) is 0.0312. The highest BCUT2D eigenvalue weighted by Gasteiger charge is 2.26. The first-order valence-electron chi connectivity index (χ1n) is 12.8. The number of hydrogen-bond acceptors (Lipinski definition) is 8. The highest BCUT2D eigenvalue weighted by Crippen LogP contribution is 2.54. The Morgan fingerprint density at radius 3 is 1.90 bits per heavy atom. The van der Waals surface area contributed by atoms with Crippen LogP contribution < -0.4 is 5.32 Å². The van der Waals surface area contributed by atoms with Crippen LogP contribution in [0.1, 0.15) is 10.9 Å². The van der Waals surface area contributed by atoms with E-state index in [1.165, 1.54) is 65.4 Å². The largest absolute Gasteiger partial charge is 0.360 e.